The number of ether oxygens (including phenoxy) is 1. The number of rotatable bonds is 5. The molecular weight excluding hydrogens is 312 g/mol. The molecule has 0 bridgehead atoms. The highest BCUT2D eigenvalue weighted by molar-refractivity contribution is 5.83. The Morgan fingerprint density at radius 3 is 2.72 bits per heavy atom. The van der Waals surface area contributed by atoms with Crippen molar-refractivity contribution >= 4 is 16.7 Å². The Labute approximate surface area is 148 Å². The second kappa shape index (κ2) is 7.15. The van der Waals surface area contributed by atoms with E-state index in [0.29, 0.717) is 5.88 Å². The van der Waals surface area contributed by atoms with Gasteiger partial charge in [-0.05, 0) is 24.1 Å². The Balaban J connectivity index is 1.33. The first-order chi connectivity index (χ1) is 12.3. The van der Waals surface area contributed by atoms with Crippen LogP contribution in [-0.2, 0) is 6.42 Å². The molecule has 4 rings (SSSR count). The van der Waals surface area contributed by atoms with Gasteiger partial charge in [0.2, 0.25) is 5.88 Å². The molecule has 5 nitrogen and oxygen atoms in total. The number of hydrogen-bond acceptors (Lipinski definition) is 4. The number of nitrogens with one attached hydrogen (secondary N) is 1. The smallest absolute Gasteiger partial charge is 0.214 e. The largest absolute Gasteiger partial charge is 0.481 e. The molecule has 2 aromatic heterocycles. The lowest BCUT2D eigenvalue weighted by molar-refractivity contribution is 0.260. The Kier molecular flexibility index (Phi) is 4.57. The molecule has 0 atom stereocenters. The Hall–Kier alpha value is -2.53. The second-order valence-electron chi connectivity index (χ2n) is 6.48. The van der Waals surface area contributed by atoms with Crippen LogP contribution in [0.15, 0.2) is 48.7 Å². The molecule has 0 unspecified atom stereocenters. The average Bonchev–Trinajstić information content (AvgIpc) is 3.10. The van der Waals surface area contributed by atoms with E-state index < -0.39 is 0 Å². The van der Waals surface area contributed by atoms with Gasteiger partial charge in [-0.3, -0.25) is 4.90 Å². The maximum absolute atomic E-state index is 5.23. The van der Waals surface area contributed by atoms with E-state index in [1.165, 1.54) is 16.5 Å². The summed E-state index contributed by atoms with van der Waals surface area (Å²) in [5, 5.41) is 1.35. The molecule has 0 amide bonds. The zero-order valence-corrected chi connectivity index (χ0v) is 14.6. The molecule has 130 valence electrons. The second-order valence-corrected chi connectivity index (χ2v) is 6.48. The molecular formula is C20H24N4O. The van der Waals surface area contributed by atoms with Gasteiger partial charge in [-0.15, -0.1) is 0 Å². The minimum Gasteiger partial charge on any atom is -0.481 e. The molecule has 0 radical (unpaired) electrons. The zero-order valence-electron chi connectivity index (χ0n) is 14.6. The molecule has 1 aliphatic rings. The summed E-state index contributed by atoms with van der Waals surface area (Å²) in [6.45, 7) is 5.26. The third kappa shape index (κ3) is 3.46. The van der Waals surface area contributed by atoms with Crippen LogP contribution in [0.3, 0.4) is 0 Å². The van der Waals surface area contributed by atoms with Crippen molar-refractivity contribution < 1.29 is 4.74 Å². The van der Waals surface area contributed by atoms with Gasteiger partial charge in [0.05, 0.1) is 7.11 Å². The number of fused-ring (bicyclic) bond motifs is 1. The third-order valence-corrected chi connectivity index (χ3v) is 4.99. The van der Waals surface area contributed by atoms with Crippen LogP contribution in [0.25, 0.3) is 10.9 Å². The molecule has 1 aliphatic heterocycles. The molecule has 3 aromatic rings. The van der Waals surface area contributed by atoms with Gasteiger partial charge in [0.15, 0.2) is 0 Å². The highest BCUT2D eigenvalue weighted by Crippen LogP contribution is 2.20. The lowest BCUT2D eigenvalue weighted by Crippen LogP contribution is -2.47. The number of hydrogen-bond donors (Lipinski definition) is 1. The number of methoxy groups -OCH3 is 1. The average molecular weight is 336 g/mol. The van der Waals surface area contributed by atoms with Gasteiger partial charge in [0, 0.05) is 55.9 Å². The maximum Gasteiger partial charge on any atom is 0.214 e. The van der Waals surface area contributed by atoms with E-state index in [1.54, 1.807) is 7.11 Å². The number of nitrogens with zero attached hydrogens (tertiary/aromatic N) is 3. The molecule has 0 spiro atoms. The number of anilines is 1. The summed E-state index contributed by atoms with van der Waals surface area (Å²) in [6.07, 6.45) is 3.24. The van der Waals surface area contributed by atoms with Gasteiger partial charge >= 0.3 is 0 Å². The SMILES string of the molecule is COc1cccc(N2CCN(CCc3c[nH]c4ccccc34)CC2)n1. The van der Waals surface area contributed by atoms with Crippen molar-refractivity contribution in [3.05, 3.63) is 54.2 Å². The Morgan fingerprint density at radius 1 is 1.04 bits per heavy atom. The first kappa shape index (κ1) is 16.0. The van der Waals surface area contributed by atoms with E-state index in [9.17, 15) is 0 Å². The van der Waals surface area contributed by atoms with Gasteiger partial charge < -0.3 is 14.6 Å². The lowest BCUT2D eigenvalue weighted by atomic mass is 10.1. The lowest BCUT2D eigenvalue weighted by Gasteiger charge is -2.35. The number of aromatic amines is 1. The third-order valence-electron chi connectivity index (χ3n) is 4.99. The van der Waals surface area contributed by atoms with Crippen LogP contribution in [0.5, 0.6) is 5.88 Å². The summed E-state index contributed by atoms with van der Waals surface area (Å²) in [5.74, 6) is 1.69. The topological polar surface area (TPSA) is 44.4 Å². The fourth-order valence-corrected chi connectivity index (χ4v) is 3.51. The monoisotopic (exact) mass is 336 g/mol. The van der Waals surface area contributed by atoms with Crippen LogP contribution in [0.2, 0.25) is 0 Å². The predicted molar refractivity (Wildman–Crippen MR) is 101 cm³/mol. The molecule has 25 heavy (non-hydrogen) atoms. The Bertz CT molecular complexity index is 836. The van der Waals surface area contributed by atoms with Gasteiger partial charge in [0.1, 0.15) is 5.82 Å². The van der Waals surface area contributed by atoms with Gasteiger partial charge in [-0.1, -0.05) is 24.3 Å². The van der Waals surface area contributed by atoms with E-state index in [-0.39, 0.29) is 0 Å². The fraction of sp³-hybridized carbons (Fsp3) is 0.350. The molecule has 3 heterocycles. The summed E-state index contributed by atoms with van der Waals surface area (Å²) in [5.41, 5.74) is 2.64. The summed E-state index contributed by atoms with van der Waals surface area (Å²) in [6, 6.07) is 14.5. The first-order valence-corrected chi connectivity index (χ1v) is 8.87. The minimum atomic E-state index is 0.680. The van der Waals surface area contributed by atoms with Crippen molar-refractivity contribution in [3.63, 3.8) is 0 Å². The van der Waals surface area contributed by atoms with Crippen LogP contribution in [0.4, 0.5) is 5.82 Å². The molecule has 1 fully saturated rings. The molecule has 0 aliphatic carbocycles. The van der Waals surface area contributed by atoms with E-state index in [1.807, 2.05) is 12.1 Å². The summed E-state index contributed by atoms with van der Waals surface area (Å²) in [4.78, 5) is 12.8. The Morgan fingerprint density at radius 2 is 1.88 bits per heavy atom. The van der Waals surface area contributed by atoms with Crippen molar-refractivity contribution in [3.8, 4) is 5.88 Å². The van der Waals surface area contributed by atoms with E-state index in [0.717, 1.165) is 45.0 Å². The summed E-state index contributed by atoms with van der Waals surface area (Å²) in [7, 11) is 1.66. The predicted octanol–water partition coefficient (Wildman–Crippen LogP) is 2.94. The van der Waals surface area contributed by atoms with Crippen molar-refractivity contribution in [1.29, 1.82) is 0 Å². The van der Waals surface area contributed by atoms with E-state index in [2.05, 4.69) is 56.3 Å². The van der Waals surface area contributed by atoms with E-state index in [4.69, 9.17) is 4.74 Å². The number of H-pyrrole nitrogens is 1. The fourth-order valence-electron chi connectivity index (χ4n) is 3.51. The number of piperazine rings is 1. The van der Waals surface area contributed by atoms with Crippen LogP contribution in [0.1, 0.15) is 5.56 Å². The van der Waals surface area contributed by atoms with Crippen LogP contribution >= 0.6 is 0 Å². The van der Waals surface area contributed by atoms with Gasteiger partial charge in [-0.25, -0.2) is 0 Å². The van der Waals surface area contributed by atoms with Crippen molar-refractivity contribution in [1.82, 2.24) is 14.9 Å². The van der Waals surface area contributed by atoms with Crippen molar-refractivity contribution in [2.45, 2.75) is 6.42 Å². The minimum absolute atomic E-state index is 0.680. The quantitative estimate of drug-likeness (QED) is 0.778. The van der Waals surface area contributed by atoms with Crippen LogP contribution in [-0.4, -0.2) is 54.7 Å². The van der Waals surface area contributed by atoms with Crippen LogP contribution in [0, 0.1) is 0 Å². The molecule has 1 saturated heterocycles. The highest BCUT2D eigenvalue weighted by Gasteiger charge is 2.18. The number of benzene rings is 1. The first-order valence-electron chi connectivity index (χ1n) is 8.87. The van der Waals surface area contributed by atoms with Gasteiger partial charge in [-0.2, -0.15) is 4.98 Å². The standard InChI is InChI=1S/C20H24N4O/c1-25-20-8-4-7-19(22-20)24-13-11-23(12-14-24)10-9-16-15-21-18-6-3-2-5-17(16)18/h2-8,15,21H,9-14H2,1H3. The molecule has 5 heteroatoms. The number of pyridine rings is 1. The maximum atomic E-state index is 5.23. The highest BCUT2D eigenvalue weighted by atomic mass is 16.5. The number of para-hydroxylation sites is 1. The van der Waals surface area contributed by atoms with Crippen molar-refractivity contribution in [2.75, 3.05) is 44.7 Å². The van der Waals surface area contributed by atoms with E-state index >= 15 is 0 Å². The summed E-state index contributed by atoms with van der Waals surface area (Å²) >= 11 is 0. The molecule has 0 saturated carbocycles. The zero-order chi connectivity index (χ0) is 17.1. The van der Waals surface area contributed by atoms with Crippen molar-refractivity contribution in [2.24, 2.45) is 0 Å². The normalized spacial score (nSPS) is 15.6. The summed E-state index contributed by atoms with van der Waals surface area (Å²) < 4.78 is 5.23. The number of aromatic nitrogens is 2. The van der Waals surface area contributed by atoms with Gasteiger partial charge in [0.25, 0.3) is 0 Å². The molecule has 1 N–H and O–H groups in total. The molecule has 1 aromatic carbocycles. The van der Waals surface area contributed by atoms with Crippen LogP contribution < -0.4 is 9.64 Å².